The summed E-state index contributed by atoms with van der Waals surface area (Å²) in [6, 6.07) is 14.5. The van der Waals surface area contributed by atoms with Crippen LogP contribution in [0.15, 0.2) is 61.2 Å². The number of quaternary nitrogens is 1. The molecule has 0 saturated heterocycles. The van der Waals surface area contributed by atoms with Gasteiger partial charge in [0.2, 0.25) is 0 Å². The van der Waals surface area contributed by atoms with Crippen LogP contribution in [0.1, 0.15) is 11.1 Å². The molecule has 0 aliphatic rings. The molecule has 0 aliphatic carbocycles. The third kappa shape index (κ3) is 6.69. The molecule has 2 rings (SSSR count). The van der Waals surface area contributed by atoms with Crippen molar-refractivity contribution >= 4 is 5.91 Å². The SMILES string of the molecule is C=CCOc1ccc(C[NH+](C)CC(=O)NCCc2ccccc2F)cc1. The number of hydrogen-bond donors (Lipinski definition) is 2. The lowest BCUT2D eigenvalue weighted by Crippen LogP contribution is -3.08. The van der Waals surface area contributed by atoms with Crippen LogP contribution in [0.5, 0.6) is 5.75 Å². The fourth-order valence-electron chi connectivity index (χ4n) is 2.64. The topological polar surface area (TPSA) is 42.8 Å². The number of carbonyl (C=O) groups is 1. The van der Waals surface area contributed by atoms with Crippen LogP contribution in [0.25, 0.3) is 0 Å². The molecule has 0 spiro atoms. The van der Waals surface area contributed by atoms with E-state index in [1.165, 1.54) is 6.07 Å². The highest BCUT2D eigenvalue weighted by atomic mass is 19.1. The van der Waals surface area contributed by atoms with Crippen LogP contribution in [0, 0.1) is 5.82 Å². The zero-order chi connectivity index (χ0) is 18.8. The molecule has 1 amide bonds. The van der Waals surface area contributed by atoms with E-state index in [1.54, 1.807) is 24.3 Å². The Morgan fingerprint density at radius 2 is 1.96 bits per heavy atom. The van der Waals surface area contributed by atoms with Crippen molar-refractivity contribution < 1.29 is 18.8 Å². The third-order valence-corrected chi connectivity index (χ3v) is 3.93. The van der Waals surface area contributed by atoms with E-state index in [4.69, 9.17) is 4.74 Å². The van der Waals surface area contributed by atoms with Gasteiger partial charge < -0.3 is 15.0 Å². The summed E-state index contributed by atoms with van der Waals surface area (Å²) in [5.74, 6) is 0.534. The van der Waals surface area contributed by atoms with Gasteiger partial charge in [-0.25, -0.2) is 4.39 Å². The van der Waals surface area contributed by atoms with E-state index in [-0.39, 0.29) is 11.7 Å². The number of ether oxygens (including phenoxy) is 1. The molecule has 5 heteroatoms. The van der Waals surface area contributed by atoms with Crippen molar-refractivity contribution in [1.82, 2.24) is 5.32 Å². The predicted molar refractivity (Wildman–Crippen MR) is 101 cm³/mol. The van der Waals surface area contributed by atoms with E-state index < -0.39 is 0 Å². The fourth-order valence-corrected chi connectivity index (χ4v) is 2.64. The normalized spacial score (nSPS) is 11.6. The lowest BCUT2D eigenvalue weighted by Gasteiger charge is -2.14. The van der Waals surface area contributed by atoms with E-state index in [1.807, 2.05) is 31.3 Å². The van der Waals surface area contributed by atoms with E-state index in [2.05, 4.69) is 11.9 Å². The summed E-state index contributed by atoms with van der Waals surface area (Å²) >= 11 is 0. The number of benzene rings is 2. The summed E-state index contributed by atoms with van der Waals surface area (Å²) in [5.41, 5.74) is 1.75. The van der Waals surface area contributed by atoms with Gasteiger partial charge in [0.05, 0.1) is 7.05 Å². The smallest absolute Gasteiger partial charge is 0.275 e. The summed E-state index contributed by atoms with van der Waals surface area (Å²) < 4.78 is 19.0. The molecule has 0 bridgehead atoms. The maximum Gasteiger partial charge on any atom is 0.275 e. The van der Waals surface area contributed by atoms with Crippen molar-refractivity contribution in [2.75, 3.05) is 26.7 Å². The number of halogens is 1. The summed E-state index contributed by atoms with van der Waals surface area (Å²) in [4.78, 5) is 13.1. The van der Waals surface area contributed by atoms with Crippen molar-refractivity contribution in [3.63, 3.8) is 0 Å². The van der Waals surface area contributed by atoms with Gasteiger partial charge in [-0.05, 0) is 42.3 Å². The Morgan fingerprint density at radius 3 is 2.65 bits per heavy atom. The second-order valence-electron chi connectivity index (χ2n) is 6.25. The minimum absolute atomic E-state index is 0.0372. The lowest BCUT2D eigenvalue weighted by atomic mass is 10.1. The van der Waals surface area contributed by atoms with E-state index >= 15 is 0 Å². The Hall–Kier alpha value is -2.66. The molecule has 0 fully saturated rings. The zero-order valence-electron chi connectivity index (χ0n) is 15.1. The Morgan fingerprint density at radius 1 is 1.23 bits per heavy atom. The molecular weight excluding hydrogens is 331 g/mol. The van der Waals surface area contributed by atoms with Gasteiger partial charge in [-0.3, -0.25) is 4.79 Å². The maximum atomic E-state index is 13.5. The van der Waals surface area contributed by atoms with Crippen LogP contribution >= 0.6 is 0 Å². The van der Waals surface area contributed by atoms with Gasteiger partial charge in [-0.2, -0.15) is 0 Å². The molecule has 2 N–H and O–H groups in total. The van der Waals surface area contributed by atoms with Crippen molar-refractivity contribution in [2.45, 2.75) is 13.0 Å². The summed E-state index contributed by atoms with van der Waals surface area (Å²) in [6.45, 7) is 5.64. The molecule has 1 unspecified atom stereocenters. The van der Waals surface area contributed by atoms with Crippen molar-refractivity contribution in [3.8, 4) is 5.75 Å². The van der Waals surface area contributed by atoms with Crippen LogP contribution in [-0.2, 0) is 17.8 Å². The van der Waals surface area contributed by atoms with Gasteiger partial charge in [-0.1, -0.05) is 30.9 Å². The number of nitrogens with one attached hydrogen (secondary N) is 2. The first-order valence-corrected chi connectivity index (χ1v) is 8.72. The quantitative estimate of drug-likeness (QED) is 0.637. The monoisotopic (exact) mass is 357 g/mol. The highest BCUT2D eigenvalue weighted by molar-refractivity contribution is 5.76. The number of likely N-dealkylation sites (N-methyl/N-ethyl adjacent to an activating group) is 1. The summed E-state index contributed by atoms with van der Waals surface area (Å²) in [5, 5.41) is 2.85. The molecule has 2 aromatic carbocycles. The molecule has 0 aromatic heterocycles. The first kappa shape index (κ1) is 19.7. The van der Waals surface area contributed by atoms with Crippen LogP contribution < -0.4 is 15.0 Å². The van der Waals surface area contributed by atoms with Gasteiger partial charge in [0.15, 0.2) is 6.54 Å². The van der Waals surface area contributed by atoms with Gasteiger partial charge >= 0.3 is 0 Å². The second-order valence-corrected chi connectivity index (χ2v) is 6.25. The van der Waals surface area contributed by atoms with Gasteiger partial charge in [-0.15, -0.1) is 0 Å². The summed E-state index contributed by atoms with van der Waals surface area (Å²) in [6.07, 6.45) is 2.19. The molecule has 0 heterocycles. The van der Waals surface area contributed by atoms with Crippen molar-refractivity contribution in [1.29, 1.82) is 0 Å². The number of amides is 1. The fraction of sp³-hybridized carbons (Fsp3) is 0.286. The number of rotatable bonds is 10. The largest absolute Gasteiger partial charge is 0.490 e. The molecular formula is C21H26FN2O2+. The summed E-state index contributed by atoms with van der Waals surface area (Å²) in [7, 11) is 1.97. The van der Waals surface area contributed by atoms with Crippen molar-refractivity contribution in [3.05, 3.63) is 78.1 Å². The standard InChI is InChI=1S/C21H25FN2O2/c1-3-14-26-19-10-8-17(9-11-19)15-24(2)16-21(25)23-13-12-18-6-4-5-7-20(18)22/h3-11H,1,12-16H2,2H3,(H,23,25)/p+1. The maximum absolute atomic E-state index is 13.5. The third-order valence-electron chi connectivity index (χ3n) is 3.93. The molecule has 0 saturated carbocycles. The highest BCUT2D eigenvalue weighted by Crippen LogP contribution is 2.11. The zero-order valence-corrected chi connectivity index (χ0v) is 15.1. The van der Waals surface area contributed by atoms with Crippen LogP contribution in [0.3, 0.4) is 0 Å². The Kier molecular flexibility index (Phi) is 7.83. The Labute approximate surface area is 154 Å². The highest BCUT2D eigenvalue weighted by Gasteiger charge is 2.11. The number of hydrogen-bond acceptors (Lipinski definition) is 2. The average molecular weight is 357 g/mol. The van der Waals surface area contributed by atoms with Gasteiger partial charge in [0, 0.05) is 12.1 Å². The van der Waals surface area contributed by atoms with E-state index in [0.29, 0.717) is 31.7 Å². The Balaban J connectivity index is 1.71. The molecule has 26 heavy (non-hydrogen) atoms. The average Bonchev–Trinajstić information content (AvgIpc) is 2.62. The van der Waals surface area contributed by atoms with E-state index in [0.717, 1.165) is 22.8 Å². The molecule has 0 aliphatic heterocycles. The van der Waals surface area contributed by atoms with Crippen molar-refractivity contribution in [2.24, 2.45) is 0 Å². The van der Waals surface area contributed by atoms with Gasteiger partial charge in [0.25, 0.3) is 5.91 Å². The second kappa shape index (κ2) is 10.4. The van der Waals surface area contributed by atoms with Crippen LogP contribution in [-0.4, -0.2) is 32.7 Å². The van der Waals surface area contributed by atoms with Crippen LogP contribution in [0.4, 0.5) is 4.39 Å². The molecule has 2 aromatic rings. The molecule has 4 nitrogen and oxygen atoms in total. The predicted octanol–water partition coefficient (Wildman–Crippen LogP) is 1.76. The first-order chi connectivity index (χ1) is 12.6. The van der Waals surface area contributed by atoms with Gasteiger partial charge in [0.1, 0.15) is 24.7 Å². The first-order valence-electron chi connectivity index (χ1n) is 8.72. The molecule has 0 radical (unpaired) electrons. The minimum atomic E-state index is -0.231. The molecule has 1 atom stereocenters. The lowest BCUT2D eigenvalue weighted by molar-refractivity contribution is -0.885. The minimum Gasteiger partial charge on any atom is -0.490 e. The Bertz CT molecular complexity index is 716. The number of carbonyl (C=O) groups excluding carboxylic acids is 1. The molecule has 138 valence electrons. The van der Waals surface area contributed by atoms with E-state index in [9.17, 15) is 9.18 Å². The van der Waals surface area contributed by atoms with Crippen LogP contribution in [0.2, 0.25) is 0 Å².